The van der Waals surface area contributed by atoms with Gasteiger partial charge in [0.25, 0.3) is 0 Å². The zero-order valence-electron chi connectivity index (χ0n) is 67.4. The molecule has 1 aliphatic rings. The lowest BCUT2D eigenvalue weighted by molar-refractivity contribution is 0.660. The molecule has 11 rings (SSSR count). The van der Waals surface area contributed by atoms with Gasteiger partial charge in [-0.1, -0.05) is 177 Å². The highest BCUT2D eigenvalue weighted by Gasteiger charge is 2.36. The number of fused-ring (bicyclic) bond motifs is 7. The Morgan fingerprint density at radius 3 is 1.93 bits per heavy atom. The SMILES string of the molecule is [2H]c1c([2H])c([2H])c(-c2c([2H])c([2H])c(-c3c(-c4c([2H])c([2H])c(N(c5c([2H])c([2H])c6c(c5[2H])C(C([2H])([2H])[2H])(C([2H])([2H])[2H])c5c([2H])c([2H])c([2H])c([2H])c5-6)c5c([2H])c([2H])c([2H])c6c5oc5c([2H])c([2H])c([2H])c([2H])c56)c([2H])c4[2H])c([2H])c([2H])c4c([2H])c([2H])c([2H])c([2H])c34)c([2H])c2[2H])c([2H])c1[2H]. The molecule has 0 bridgehead atoms. The fourth-order valence-electron chi connectivity index (χ4n) is 6.52. The van der Waals surface area contributed by atoms with Crippen LogP contribution >= 0.6 is 0 Å². The molecule has 2 heteroatoms. The Morgan fingerprint density at radius 2 is 1.09 bits per heavy atom. The van der Waals surface area contributed by atoms with Crippen molar-refractivity contribution in [1.29, 1.82) is 0 Å². The van der Waals surface area contributed by atoms with Crippen LogP contribution in [0.5, 0.6) is 0 Å². The summed E-state index contributed by atoms with van der Waals surface area (Å²) in [6, 6.07) is -39.4. The van der Waals surface area contributed by atoms with Crippen molar-refractivity contribution in [2.45, 2.75) is 19.1 Å². The summed E-state index contributed by atoms with van der Waals surface area (Å²) in [6.45, 7) is -8.18. The first-order valence-corrected chi connectivity index (χ1v) is 16.6. The van der Waals surface area contributed by atoms with E-state index < -0.39 is 324 Å². The molecule has 0 fully saturated rings. The number of furan rings is 1. The summed E-state index contributed by atoms with van der Waals surface area (Å²) < 4.78 is 362. The minimum Gasteiger partial charge on any atom is -0.454 e. The van der Waals surface area contributed by atoms with Crippen LogP contribution in [-0.2, 0) is 5.41 Å². The maximum Gasteiger partial charge on any atom is 0.159 e. The van der Waals surface area contributed by atoms with Gasteiger partial charge in [-0.3, -0.25) is 0 Å². The standard InChI is InChI=1S/C55H39NO/c1-55(2)49-20-10-8-17-45(49)46-34-32-42(35-50(46)55)56(51-21-12-19-48-47-18-9-11-22-52(47)57-54(48)51)41-30-27-39(28-31-41)44-33-29-38-15-6-7-16-43(38)53(44)40-25-23-37(24-26-40)36-13-4-3-5-14-36/h3-35H,1-2H3/i1D3,2D3,3D,4D,5D,6D,7D,8D,9D,10D,11D,12D,13D,14D,15D,16D,17D,18D,19D,20D,21D,22D,23D,24D,25D,26D,27D,28D,29D,30D,31D,32D,33D,34D,35D. The van der Waals surface area contributed by atoms with Crippen molar-refractivity contribution in [2.24, 2.45) is 0 Å². The molecule has 9 aromatic carbocycles. The molecule has 2 nitrogen and oxygen atoms in total. The van der Waals surface area contributed by atoms with Gasteiger partial charge in [-0.2, -0.15) is 0 Å². The second kappa shape index (κ2) is 13.0. The smallest absolute Gasteiger partial charge is 0.159 e. The second-order valence-electron chi connectivity index (χ2n) is 12.3. The summed E-state index contributed by atoms with van der Waals surface area (Å²) in [5, 5.41) is -3.28. The van der Waals surface area contributed by atoms with Crippen molar-refractivity contribution in [3.05, 3.63) is 211 Å². The maximum absolute atomic E-state index is 10.2. The zero-order chi connectivity index (χ0) is 71.8. The van der Waals surface area contributed by atoms with E-state index in [0.717, 1.165) is 0 Å². The van der Waals surface area contributed by atoms with Crippen molar-refractivity contribution >= 4 is 49.8 Å². The van der Waals surface area contributed by atoms with Crippen LogP contribution in [0.15, 0.2) is 204 Å². The van der Waals surface area contributed by atoms with Gasteiger partial charge >= 0.3 is 0 Å². The third-order valence-electron chi connectivity index (χ3n) is 9.06. The lowest BCUT2D eigenvalue weighted by Crippen LogP contribution is -2.16. The van der Waals surface area contributed by atoms with E-state index in [4.69, 9.17) is 35.9 Å². The Morgan fingerprint density at radius 1 is 0.456 bits per heavy atom. The minimum absolute atomic E-state index is 0.186. The van der Waals surface area contributed by atoms with E-state index >= 15 is 0 Å². The van der Waals surface area contributed by atoms with Crippen LogP contribution in [0.2, 0.25) is 0 Å². The van der Waals surface area contributed by atoms with Crippen molar-refractivity contribution in [1.82, 2.24) is 0 Å². The first-order valence-electron chi connectivity index (χ1n) is 36.1. The highest BCUT2D eigenvalue weighted by atomic mass is 16.3. The van der Waals surface area contributed by atoms with E-state index in [9.17, 15) is 21.9 Å². The first-order chi connectivity index (χ1) is 44.3. The molecule has 0 unspecified atom stereocenters. The molecule has 0 N–H and O–H groups in total. The third-order valence-corrected chi connectivity index (χ3v) is 9.06. The van der Waals surface area contributed by atoms with Crippen LogP contribution in [-0.4, -0.2) is 0 Å². The Bertz CT molecular complexity index is 5210. The van der Waals surface area contributed by atoms with Crippen molar-refractivity contribution in [3.8, 4) is 44.5 Å². The van der Waals surface area contributed by atoms with E-state index in [2.05, 4.69) is 0 Å². The second-order valence-corrected chi connectivity index (χ2v) is 12.3. The predicted molar refractivity (Wildman–Crippen MR) is 240 cm³/mol. The Kier molecular flexibility index (Phi) is 2.77. The van der Waals surface area contributed by atoms with Crippen LogP contribution in [0.25, 0.3) is 77.2 Å². The molecule has 270 valence electrons. The lowest BCUT2D eigenvalue weighted by atomic mass is 9.82. The lowest BCUT2D eigenvalue weighted by Gasteiger charge is -2.28. The van der Waals surface area contributed by atoms with Crippen LogP contribution in [0, 0.1) is 0 Å². The number of nitrogens with zero attached hydrogens (tertiary/aromatic N) is 1. The van der Waals surface area contributed by atoms with Gasteiger partial charge in [0.05, 0.1) is 50.9 Å². The molecule has 0 saturated carbocycles. The fourth-order valence-corrected chi connectivity index (χ4v) is 6.52. The van der Waals surface area contributed by atoms with Gasteiger partial charge in [0.1, 0.15) is 5.58 Å². The highest BCUT2D eigenvalue weighted by Crippen LogP contribution is 2.51. The van der Waals surface area contributed by atoms with E-state index in [1.54, 1.807) is 0 Å². The summed E-state index contributed by atoms with van der Waals surface area (Å²) in [5.74, 6) is 0. The minimum atomic E-state index is -4.09. The van der Waals surface area contributed by atoms with E-state index in [0.29, 0.717) is 0 Å². The van der Waals surface area contributed by atoms with E-state index in [1.807, 2.05) is 0 Å². The molecule has 57 heavy (non-hydrogen) atoms. The van der Waals surface area contributed by atoms with Gasteiger partial charge < -0.3 is 9.32 Å². The molecular weight excluding hydrogens is 691 g/mol. The molecular formula is C55H39NO. The average molecular weight is 769 g/mol. The number of para-hydroxylation sites is 2. The monoisotopic (exact) mass is 769 g/mol. The summed E-state index contributed by atoms with van der Waals surface area (Å²) in [6.07, 6.45) is 0. The van der Waals surface area contributed by atoms with Crippen molar-refractivity contribution in [3.63, 3.8) is 0 Å². The number of hydrogen-bond acceptors (Lipinski definition) is 2. The molecule has 1 aromatic heterocycles. The van der Waals surface area contributed by atoms with Crippen LogP contribution in [0.1, 0.15) is 78.3 Å². The van der Waals surface area contributed by atoms with Crippen molar-refractivity contribution in [2.75, 3.05) is 4.90 Å². The third kappa shape index (κ3) is 5.33. The maximum atomic E-state index is 10.2. The summed E-state index contributed by atoms with van der Waals surface area (Å²) in [7, 11) is 0. The first kappa shape index (κ1) is 12.2. The van der Waals surface area contributed by atoms with Gasteiger partial charge in [0.2, 0.25) is 0 Å². The summed E-state index contributed by atoms with van der Waals surface area (Å²) in [5.41, 5.74) is -20.8. The van der Waals surface area contributed by atoms with Gasteiger partial charge in [0, 0.05) is 35.8 Å². The van der Waals surface area contributed by atoms with E-state index in [-0.39, 0.29) is 4.90 Å². The molecule has 10 aromatic rings. The molecule has 0 aliphatic heterocycles. The summed E-state index contributed by atoms with van der Waals surface area (Å²) >= 11 is 0. The average Bonchev–Trinajstić information content (AvgIpc) is 1.47. The van der Waals surface area contributed by atoms with Crippen molar-refractivity contribution < 1.29 is 57.9 Å². The topological polar surface area (TPSA) is 16.4 Å². The zero-order valence-corrected chi connectivity index (χ0v) is 28.4. The molecule has 0 atom stereocenters. The van der Waals surface area contributed by atoms with Gasteiger partial charge in [0.15, 0.2) is 5.58 Å². The molecule has 0 spiro atoms. The molecule has 0 amide bonds. The number of rotatable bonds is 6. The predicted octanol–water partition coefficient (Wildman–Crippen LogP) is 15.5. The van der Waals surface area contributed by atoms with Crippen LogP contribution in [0.4, 0.5) is 17.1 Å². The van der Waals surface area contributed by atoms with Gasteiger partial charge in [-0.15, -0.1) is 0 Å². The number of anilines is 3. The molecule has 1 aliphatic carbocycles. The Balaban J connectivity index is 1.38. The molecule has 1 heterocycles. The summed E-state index contributed by atoms with van der Waals surface area (Å²) in [4.78, 5) is 0.186. The van der Waals surface area contributed by atoms with Crippen LogP contribution < -0.4 is 4.90 Å². The Hall–Kier alpha value is -7.16. The van der Waals surface area contributed by atoms with Gasteiger partial charge in [-0.05, 0) is 103 Å². The number of hydrogen-bond donors (Lipinski definition) is 0. The number of benzene rings is 9. The largest absolute Gasteiger partial charge is 0.454 e. The Labute approximate surface area is 387 Å². The van der Waals surface area contributed by atoms with Gasteiger partial charge in [-0.25, -0.2) is 0 Å². The van der Waals surface area contributed by atoms with Crippen LogP contribution in [0.3, 0.4) is 0 Å². The fraction of sp³-hybridized carbons (Fsp3) is 0.0545. The quantitative estimate of drug-likeness (QED) is 0.167. The normalized spacial score (nSPS) is 23.0. The molecule has 0 saturated heterocycles. The molecule has 0 radical (unpaired) electrons. The highest BCUT2D eigenvalue weighted by molar-refractivity contribution is 6.10. The van der Waals surface area contributed by atoms with E-state index in [1.165, 1.54) is 0 Å².